The van der Waals surface area contributed by atoms with Crippen LogP contribution in [0.4, 0.5) is 0 Å². The maximum atomic E-state index is 12.4. The van der Waals surface area contributed by atoms with Crippen molar-refractivity contribution in [3.05, 3.63) is 23.7 Å². The van der Waals surface area contributed by atoms with Gasteiger partial charge >= 0.3 is 0 Å². The van der Waals surface area contributed by atoms with Gasteiger partial charge in [-0.2, -0.15) is 0 Å². The van der Waals surface area contributed by atoms with Gasteiger partial charge in [0.15, 0.2) is 0 Å². The third-order valence-corrected chi connectivity index (χ3v) is 4.65. The molecule has 2 heterocycles. The smallest absolute Gasteiger partial charge is 0.225 e. The van der Waals surface area contributed by atoms with E-state index in [1.54, 1.807) is 30.9 Å². The lowest BCUT2D eigenvalue weighted by molar-refractivity contribution is -0.130. The van der Waals surface area contributed by atoms with E-state index in [1.165, 1.54) is 0 Å². The highest BCUT2D eigenvalue weighted by molar-refractivity contribution is 5.89. The van der Waals surface area contributed by atoms with Crippen molar-refractivity contribution >= 4 is 11.8 Å². The van der Waals surface area contributed by atoms with Gasteiger partial charge in [0.25, 0.3) is 0 Å². The highest BCUT2D eigenvalue weighted by Gasteiger charge is 2.37. The predicted molar refractivity (Wildman–Crippen MR) is 90.2 cm³/mol. The number of aliphatic hydroxyl groups is 1. The Balaban J connectivity index is 1.90. The minimum Gasteiger partial charge on any atom is -0.463 e. The van der Waals surface area contributed by atoms with Gasteiger partial charge in [0, 0.05) is 19.0 Å². The molecule has 2 rings (SSSR count). The summed E-state index contributed by atoms with van der Waals surface area (Å²) in [5, 5.41) is 13.2. The summed E-state index contributed by atoms with van der Waals surface area (Å²) in [4.78, 5) is 26.3. The topological polar surface area (TPSA) is 82.8 Å². The molecule has 24 heavy (non-hydrogen) atoms. The molecule has 3 atom stereocenters. The first-order chi connectivity index (χ1) is 11.2. The lowest BCUT2D eigenvalue weighted by Gasteiger charge is -2.25. The Morgan fingerprint density at radius 1 is 1.54 bits per heavy atom. The standard InChI is InChI=1S/C18H28N2O4/c1-5-6-12(2)20-10-14(9-16(20)21)17(22)19-11-18(4,23)15-8-7-13(3)24-15/h7-8,12,14,23H,5-6,9-11H2,1-4H3,(H,19,22). The van der Waals surface area contributed by atoms with Gasteiger partial charge in [-0.15, -0.1) is 0 Å². The van der Waals surface area contributed by atoms with Gasteiger partial charge in [0.1, 0.15) is 17.1 Å². The van der Waals surface area contributed by atoms with Crippen LogP contribution in [-0.4, -0.2) is 41.0 Å². The largest absolute Gasteiger partial charge is 0.463 e. The summed E-state index contributed by atoms with van der Waals surface area (Å²) >= 11 is 0. The summed E-state index contributed by atoms with van der Waals surface area (Å²) in [6.45, 7) is 8.00. The fraction of sp³-hybridized carbons (Fsp3) is 0.667. The molecule has 1 aromatic rings. The minimum absolute atomic E-state index is 0.0320. The van der Waals surface area contributed by atoms with Crippen LogP contribution in [0.2, 0.25) is 0 Å². The van der Waals surface area contributed by atoms with Gasteiger partial charge in [0.05, 0.1) is 12.5 Å². The summed E-state index contributed by atoms with van der Waals surface area (Å²) in [7, 11) is 0. The van der Waals surface area contributed by atoms with Crippen molar-refractivity contribution in [2.45, 2.75) is 58.6 Å². The number of carbonyl (C=O) groups is 2. The van der Waals surface area contributed by atoms with Crippen molar-refractivity contribution in [2.75, 3.05) is 13.1 Å². The van der Waals surface area contributed by atoms with E-state index in [0.29, 0.717) is 18.1 Å². The van der Waals surface area contributed by atoms with E-state index in [0.717, 1.165) is 12.8 Å². The average Bonchev–Trinajstić information content (AvgIpc) is 3.12. The lowest BCUT2D eigenvalue weighted by atomic mass is 10.0. The van der Waals surface area contributed by atoms with Crippen molar-refractivity contribution in [3.63, 3.8) is 0 Å². The van der Waals surface area contributed by atoms with Crippen LogP contribution in [0.15, 0.2) is 16.5 Å². The zero-order chi connectivity index (χ0) is 17.9. The predicted octanol–water partition coefficient (Wildman–Crippen LogP) is 1.95. The second kappa shape index (κ2) is 7.38. The van der Waals surface area contributed by atoms with Gasteiger partial charge in [-0.05, 0) is 39.3 Å². The lowest BCUT2D eigenvalue weighted by Crippen LogP contribution is -2.42. The van der Waals surface area contributed by atoms with Crippen LogP contribution >= 0.6 is 0 Å². The summed E-state index contributed by atoms with van der Waals surface area (Å²) in [6, 6.07) is 3.64. The third kappa shape index (κ3) is 4.17. The molecule has 3 unspecified atom stereocenters. The van der Waals surface area contributed by atoms with E-state index >= 15 is 0 Å². The molecule has 0 spiro atoms. The number of hydrogen-bond donors (Lipinski definition) is 2. The molecular formula is C18H28N2O4. The van der Waals surface area contributed by atoms with E-state index in [9.17, 15) is 14.7 Å². The van der Waals surface area contributed by atoms with Gasteiger partial charge in [-0.1, -0.05) is 13.3 Å². The second-order valence-electron chi connectivity index (χ2n) is 6.99. The molecule has 134 valence electrons. The number of nitrogens with one attached hydrogen (secondary N) is 1. The van der Waals surface area contributed by atoms with Gasteiger partial charge in [-0.25, -0.2) is 0 Å². The fourth-order valence-corrected chi connectivity index (χ4v) is 3.12. The molecule has 1 aliphatic rings. The summed E-state index contributed by atoms with van der Waals surface area (Å²) in [6.07, 6.45) is 2.18. The van der Waals surface area contributed by atoms with Crippen molar-refractivity contribution < 1.29 is 19.1 Å². The maximum Gasteiger partial charge on any atom is 0.225 e. The Labute approximate surface area is 143 Å². The molecule has 1 saturated heterocycles. The van der Waals surface area contributed by atoms with Crippen LogP contribution in [0.5, 0.6) is 0 Å². The molecule has 0 aromatic carbocycles. The molecule has 0 bridgehead atoms. The maximum absolute atomic E-state index is 12.4. The first-order valence-electron chi connectivity index (χ1n) is 8.61. The number of likely N-dealkylation sites (tertiary alicyclic amines) is 1. The van der Waals surface area contributed by atoms with Crippen LogP contribution in [0.3, 0.4) is 0 Å². The molecule has 6 heteroatoms. The highest BCUT2D eigenvalue weighted by Crippen LogP contribution is 2.24. The number of furan rings is 1. The van der Waals surface area contributed by atoms with Crippen LogP contribution in [0, 0.1) is 12.8 Å². The molecular weight excluding hydrogens is 308 g/mol. The van der Waals surface area contributed by atoms with E-state index in [-0.39, 0.29) is 36.7 Å². The molecule has 2 N–H and O–H groups in total. The van der Waals surface area contributed by atoms with Crippen molar-refractivity contribution in [1.29, 1.82) is 0 Å². The number of carbonyl (C=O) groups excluding carboxylic acids is 2. The first kappa shape index (κ1) is 18.5. The normalized spacial score (nSPS) is 21.6. The van der Waals surface area contributed by atoms with Crippen molar-refractivity contribution in [1.82, 2.24) is 10.2 Å². The Bertz CT molecular complexity index is 594. The number of amides is 2. The molecule has 2 amide bonds. The highest BCUT2D eigenvalue weighted by atomic mass is 16.4. The van der Waals surface area contributed by atoms with Crippen molar-refractivity contribution in [2.24, 2.45) is 5.92 Å². The minimum atomic E-state index is -1.28. The summed E-state index contributed by atoms with van der Waals surface area (Å²) in [5.74, 6) is 0.605. The van der Waals surface area contributed by atoms with E-state index in [2.05, 4.69) is 12.2 Å². The number of hydrogen-bond acceptors (Lipinski definition) is 4. The van der Waals surface area contributed by atoms with Gasteiger partial charge in [-0.3, -0.25) is 9.59 Å². The molecule has 1 fully saturated rings. The molecule has 0 saturated carbocycles. The Morgan fingerprint density at radius 2 is 2.25 bits per heavy atom. The van der Waals surface area contributed by atoms with E-state index in [1.807, 2.05) is 6.92 Å². The summed E-state index contributed by atoms with van der Waals surface area (Å²) in [5.41, 5.74) is -1.28. The fourth-order valence-electron chi connectivity index (χ4n) is 3.12. The van der Waals surface area contributed by atoms with Crippen LogP contribution < -0.4 is 5.32 Å². The Kier molecular flexibility index (Phi) is 5.70. The quantitative estimate of drug-likeness (QED) is 0.797. The first-order valence-corrected chi connectivity index (χ1v) is 8.61. The van der Waals surface area contributed by atoms with Crippen LogP contribution in [-0.2, 0) is 15.2 Å². The van der Waals surface area contributed by atoms with Crippen LogP contribution in [0.1, 0.15) is 51.6 Å². The van der Waals surface area contributed by atoms with E-state index in [4.69, 9.17) is 4.42 Å². The number of aryl methyl sites for hydroxylation is 1. The van der Waals surface area contributed by atoms with Gasteiger partial charge < -0.3 is 19.7 Å². The van der Waals surface area contributed by atoms with Crippen LogP contribution in [0.25, 0.3) is 0 Å². The zero-order valence-electron chi connectivity index (χ0n) is 15.0. The number of nitrogens with zero attached hydrogens (tertiary/aromatic N) is 1. The Morgan fingerprint density at radius 3 is 2.83 bits per heavy atom. The Hall–Kier alpha value is -1.82. The second-order valence-corrected chi connectivity index (χ2v) is 6.99. The number of rotatable bonds is 7. The third-order valence-electron chi connectivity index (χ3n) is 4.65. The molecule has 1 aromatic heterocycles. The zero-order valence-corrected chi connectivity index (χ0v) is 15.0. The molecule has 0 aliphatic carbocycles. The average molecular weight is 336 g/mol. The van der Waals surface area contributed by atoms with Crippen molar-refractivity contribution in [3.8, 4) is 0 Å². The summed E-state index contributed by atoms with van der Waals surface area (Å²) < 4.78 is 5.43. The van der Waals surface area contributed by atoms with E-state index < -0.39 is 5.60 Å². The monoisotopic (exact) mass is 336 g/mol. The SMILES string of the molecule is CCCC(C)N1CC(C(=O)NCC(C)(O)c2ccc(C)o2)CC1=O. The molecule has 6 nitrogen and oxygen atoms in total. The molecule has 1 aliphatic heterocycles. The van der Waals surface area contributed by atoms with Gasteiger partial charge in [0.2, 0.25) is 11.8 Å². The molecule has 0 radical (unpaired) electrons.